The summed E-state index contributed by atoms with van der Waals surface area (Å²) in [4.78, 5) is 48.3. The van der Waals surface area contributed by atoms with E-state index in [4.69, 9.17) is 11.6 Å². The summed E-state index contributed by atoms with van der Waals surface area (Å²) in [5.74, 6) is -0.0714. The zero-order valence-electron chi connectivity index (χ0n) is 21.4. The smallest absolute Gasteiger partial charge is 0.321 e. The Morgan fingerprint density at radius 1 is 1.13 bits per heavy atom. The Morgan fingerprint density at radius 2 is 1.90 bits per heavy atom. The summed E-state index contributed by atoms with van der Waals surface area (Å²) < 4.78 is 14.3. The third kappa shape index (κ3) is 5.78. The molecule has 0 atom stereocenters. The first kappa shape index (κ1) is 26.4. The summed E-state index contributed by atoms with van der Waals surface area (Å²) in [5, 5.41) is 9.45. The van der Waals surface area contributed by atoms with E-state index in [1.807, 2.05) is 12.1 Å². The fourth-order valence-electron chi connectivity index (χ4n) is 4.65. The van der Waals surface area contributed by atoms with Crippen LogP contribution in [0.5, 0.6) is 0 Å². The molecule has 0 radical (unpaired) electrons. The van der Waals surface area contributed by atoms with Crippen LogP contribution in [0.2, 0.25) is 5.02 Å². The van der Waals surface area contributed by atoms with Gasteiger partial charge in [-0.25, -0.2) is 14.2 Å². The van der Waals surface area contributed by atoms with E-state index in [0.29, 0.717) is 54.8 Å². The van der Waals surface area contributed by atoms with Crippen LogP contribution >= 0.6 is 11.6 Å². The second-order valence-corrected chi connectivity index (χ2v) is 10.0. The monoisotopic (exact) mass is 551 g/mol. The highest BCUT2D eigenvalue weighted by atomic mass is 35.5. The summed E-state index contributed by atoms with van der Waals surface area (Å²) in [5.41, 5.74) is 2.66. The number of halogens is 2. The highest BCUT2D eigenvalue weighted by Crippen LogP contribution is 2.28. The van der Waals surface area contributed by atoms with Crippen LogP contribution in [-0.4, -0.2) is 63.7 Å². The van der Waals surface area contributed by atoms with Gasteiger partial charge < -0.3 is 25.8 Å². The first-order chi connectivity index (χ1) is 18.7. The van der Waals surface area contributed by atoms with Gasteiger partial charge in [-0.3, -0.25) is 9.59 Å². The Hall–Kier alpha value is -4.25. The van der Waals surface area contributed by atoms with E-state index in [1.54, 1.807) is 22.9 Å². The van der Waals surface area contributed by atoms with E-state index in [1.165, 1.54) is 25.3 Å². The molecule has 1 saturated heterocycles. The van der Waals surface area contributed by atoms with Crippen molar-refractivity contribution in [2.45, 2.75) is 32.4 Å². The van der Waals surface area contributed by atoms with Crippen LogP contribution in [0.1, 0.15) is 46.0 Å². The molecular formula is C27H27ClFN7O3. The van der Waals surface area contributed by atoms with E-state index in [9.17, 15) is 18.8 Å². The molecule has 0 spiro atoms. The van der Waals surface area contributed by atoms with Crippen molar-refractivity contribution in [3.05, 3.63) is 70.1 Å². The normalized spacial score (nSPS) is 15.2. The first-order valence-corrected chi connectivity index (χ1v) is 12.9. The largest absolute Gasteiger partial charge is 0.366 e. The van der Waals surface area contributed by atoms with Gasteiger partial charge in [-0.05, 0) is 61.7 Å². The summed E-state index contributed by atoms with van der Waals surface area (Å²) in [6, 6.07) is 9.11. The van der Waals surface area contributed by atoms with Crippen molar-refractivity contribution >= 4 is 52.5 Å². The maximum atomic E-state index is 14.3. The number of carbonyl (C=O) groups is 3. The molecule has 0 saturated carbocycles. The van der Waals surface area contributed by atoms with Crippen molar-refractivity contribution in [3.63, 3.8) is 0 Å². The fourth-order valence-corrected chi connectivity index (χ4v) is 4.80. The van der Waals surface area contributed by atoms with E-state index in [0.717, 1.165) is 17.3 Å². The van der Waals surface area contributed by atoms with Crippen LogP contribution in [-0.2, 0) is 6.54 Å². The topological polar surface area (TPSA) is 120 Å². The number of likely N-dealkylation sites (tertiary alicyclic amines) is 1. The standard InChI is InChI=1S/C27H27ClFN7O3/c1-15(37)16-3-6-23(22(29)12-16)33-27(39)36-9-7-18(8-10-36)31-24-21(28)13-30-26(34-24)32-19-4-5-20-17(11-19)14-35(2)25(20)38/h3-6,11-13,18H,7-10,14H2,1-2H3,(H,33,39)(H2,30,31,32,34). The van der Waals surface area contributed by atoms with E-state index < -0.39 is 11.8 Å². The minimum Gasteiger partial charge on any atom is -0.366 e. The number of ketones is 1. The number of carbonyl (C=O) groups excluding carboxylic acids is 3. The molecule has 3 amide bonds. The quantitative estimate of drug-likeness (QED) is 0.372. The van der Waals surface area contributed by atoms with Gasteiger partial charge in [0.25, 0.3) is 5.91 Å². The number of fused-ring (bicyclic) bond motifs is 1. The number of rotatable bonds is 6. The Labute approximate surface area is 229 Å². The second-order valence-electron chi connectivity index (χ2n) is 9.63. The molecule has 5 rings (SSSR count). The van der Waals surface area contributed by atoms with Crippen molar-refractivity contribution in [2.24, 2.45) is 0 Å². The number of Topliss-reactive ketones (excluding diaryl/α,β-unsaturated/α-hetero) is 1. The van der Waals surface area contributed by atoms with Crippen LogP contribution in [0, 0.1) is 5.82 Å². The van der Waals surface area contributed by atoms with Gasteiger partial charge in [0.05, 0.1) is 11.9 Å². The lowest BCUT2D eigenvalue weighted by molar-refractivity contribution is 0.0816. The maximum Gasteiger partial charge on any atom is 0.321 e. The van der Waals surface area contributed by atoms with Gasteiger partial charge >= 0.3 is 6.03 Å². The molecule has 39 heavy (non-hydrogen) atoms. The number of hydrogen-bond acceptors (Lipinski definition) is 7. The van der Waals surface area contributed by atoms with E-state index >= 15 is 0 Å². The molecule has 2 aromatic carbocycles. The molecule has 0 aliphatic carbocycles. The SMILES string of the molecule is CC(=O)c1ccc(NC(=O)N2CCC(Nc3nc(Nc4ccc5c(c4)CN(C)C5=O)ncc3Cl)CC2)c(F)c1. The zero-order valence-corrected chi connectivity index (χ0v) is 22.2. The van der Waals surface area contributed by atoms with Crippen molar-refractivity contribution in [3.8, 4) is 0 Å². The number of anilines is 4. The third-order valence-electron chi connectivity index (χ3n) is 6.83. The summed E-state index contributed by atoms with van der Waals surface area (Å²) in [7, 11) is 1.77. The van der Waals surface area contributed by atoms with Crippen molar-refractivity contribution < 1.29 is 18.8 Å². The highest BCUT2D eigenvalue weighted by Gasteiger charge is 2.26. The maximum absolute atomic E-state index is 14.3. The number of benzene rings is 2. The molecule has 2 aliphatic rings. The fraction of sp³-hybridized carbons (Fsp3) is 0.296. The molecule has 3 heterocycles. The predicted molar refractivity (Wildman–Crippen MR) is 146 cm³/mol. The number of urea groups is 1. The van der Waals surface area contributed by atoms with E-state index in [2.05, 4.69) is 25.9 Å². The molecule has 10 nitrogen and oxygen atoms in total. The van der Waals surface area contributed by atoms with Gasteiger partial charge in [-0.15, -0.1) is 0 Å². The molecule has 12 heteroatoms. The number of hydrogen-bond donors (Lipinski definition) is 3. The summed E-state index contributed by atoms with van der Waals surface area (Å²) in [6.07, 6.45) is 2.78. The summed E-state index contributed by atoms with van der Waals surface area (Å²) in [6.45, 7) is 2.81. The molecule has 1 fully saturated rings. The molecular weight excluding hydrogens is 525 g/mol. The number of nitrogens with zero attached hydrogens (tertiary/aromatic N) is 4. The minimum atomic E-state index is -0.656. The van der Waals surface area contributed by atoms with Crippen LogP contribution in [0.3, 0.4) is 0 Å². The summed E-state index contributed by atoms with van der Waals surface area (Å²) >= 11 is 6.35. The van der Waals surface area contributed by atoms with Crippen LogP contribution in [0.25, 0.3) is 0 Å². The highest BCUT2D eigenvalue weighted by molar-refractivity contribution is 6.32. The molecule has 3 N–H and O–H groups in total. The zero-order chi connectivity index (χ0) is 27.7. The van der Waals surface area contributed by atoms with Crippen LogP contribution in [0.4, 0.5) is 32.3 Å². The number of amides is 3. The second kappa shape index (κ2) is 10.9. The lowest BCUT2D eigenvalue weighted by Crippen LogP contribution is -2.44. The van der Waals surface area contributed by atoms with Gasteiger partial charge in [0.15, 0.2) is 11.6 Å². The number of piperidine rings is 1. The van der Waals surface area contributed by atoms with Gasteiger partial charge in [-0.1, -0.05) is 11.6 Å². The molecule has 2 aliphatic heterocycles. The third-order valence-corrected chi connectivity index (χ3v) is 7.11. The number of aromatic nitrogens is 2. The predicted octanol–water partition coefficient (Wildman–Crippen LogP) is 4.91. The van der Waals surface area contributed by atoms with Crippen LogP contribution in [0.15, 0.2) is 42.6 Å². The Balaban J connectivity index is 1.17. The molecule has 1 aromatic heterocycles. The number of nitrogens with one attached hydrogen (secondary N) is 3. The van der Waals surface area contributed by atoms with Gasteiger partial charge in [0.2, 0.25) is 5.95 Å². The van der Waals surface area contributed by atoms with Gasteiger partial charge in [0.1, 0.15) is 10.8 Å². The Bertz CT molecular complexity index is 1460. The van der Waals surface area contributed by atoms with Crippen molar-refractivity contribution in [1.29, 1.82) is 0 Å². The molecule has 202 valence electrons. The average Bonchev–Trinajstić information content (AvgIpc) is 3.19. The first-order valence-electron chi connectivity index (χ1n) is 12.5. The van der Waals surface area contributed by atoms with Crippen molar-refractivity contribution in [2.75, 3.05) is 36.1 Å². The molecule has 0 bridgehead atoms. The van der Waals surface area contributed by atoms with Gasteiger partial charge in [0, 0.05) is 49.5 Å². The molecule has 0 unspecified atom stereocenters. The van der Waals surface area contributed by atoms with Crippen molar-refractivity contribution in [1.82, 2.24) is 19.8 Å². The minimum absolute atomic E-state index is 0.00444. The Morgan fingerprint density at radius 3 is 2.62 bits per heavy atom. The lowest BCUT2D eigenvalue weighted by Gasteiger charge is -2.32. The molecule has 3 aromatic rings. The Kier molecular flexibility index (Phi) is 7.34. The van der Waals surface area contributed by atoms with Crippen LogP contribution < -0.4 is 16.0 Å². The average molecular weight is 552 g/mol. The van der Waals surface area contributed by atoms with Gasteiger partial charge in [-0.2, -0.15) is 4.98 Å². The van der Waals surface area contributed by atoms with E-state index in [-0.39, 0.29) is 29.0 Å². The lowest BCUT2D eigenvalue weighted by atomic mass is 10.1.